The van der Waals surface area contributed by atoms with Gasteiger partial charge in [0.15, 0.2) is 16.9 Å². The molecular formula is C27H30N2O5. The first-order valence-electron chi connectivity index (χ1n) is 11.5. The number of carbonyl (C=O) groups excluding carboxylic acids is 1. The third kappa shape index (κ3) is 4.43. The van der Waals surface area contributed by atoms with Crippen molar-refractivity contribution in [1.82, 2.24) is 9.80 Å². The van der Waals surface area contributed by atoms with Crippen LogP contribution in [0.5, 0.6) is 11.5 Å². The predicted octanol–water partition coefficient (Wildman–Crippen LogP) is 4.25. The van der Waals surface area contributed by atoms with E-state index in [-0.39, 0.29) is 17.1 Å². The zero-order valence-corrected chi connectivity index (χ0v) is 19.9. The topological polar surface area (TPSA) is 72.2 Å². The van der Waals surface area contributed by atoms with E-state index in [1.807, 2.05) is 39.2 Å². The summed E-state index contributed by atoms with van der Waals surface area (Å²) in [6.07, 6.45) is 2.42. The van der Waals surface area contributed by atoms with Gasteiger partial charge in [-0.15, -0.1) is 0 Å². The second-order valence-electron chi connectivity index (χ2n) is 8.47. The highest BCUT2D eigenvalue weighted by Gasteiger charge is 2.42. The number of rotatable bonds is 10. The standard InChI is InChI=1S/C27H30N2O5/c1-5-16-33-21-13-12-18(17-22(21)32-6-2)24-23-25(30)19-10-7-8-11-20(19)34-26(23)27(31)29(24)15-9-14-28(3)4/h5,7-8,10-13,17,24H,1,6,9,14-16H2,2-4H3/t24-/m0/s1. The number of hydrogen-bond donors (Lipinski definition) is 0. The van der Waals surface area contributed by atoms with Crippen molar-refractivity contribution in [3.05, 3.63) is 82.2 Å². The molecule has 0 N–H and O–H groups in total. The molecular weight excluding hydrogens is 432 g/mol. The van der Waals surface area contributed by atoms with Gasteiger partial charge in [-0.3, -0.25) is 9.59 Å². The summed E-state index contributed by atoms with van der Waals surface area (Å²) in [6.45, 7) is 7.68. The summed E-state index contributed by atoms with van der Waals surface area (Å²) in [4.78, 5) is 30.9. The Morgan fingerprint density at radius 1 is 1.12 bits per heavy atom. The first-order valence-corrected chi connectivity index (χ1v) is 11.5. The lowest BCUT2D eigenvalue weighted by Crippen LogP contribution is -2.32. The first-order chi connectivity index (χ1) is 16.5. The Bertz CT molecular complexity index is 1260. The van der Waals surface area contributed by atoms with E-state index < -0.39 is 6.04 Å². The van der Waals surface area contributed by atoms with E-state index in [9.17, 15) is 9.59 Å². The van der Waals surface area contributed by atoms with Gasteiger partial charge in [0.25, 0.3) is 5.91 Å². The molecule has 0 radical (unpaired) electrons. The van der Waals surface area contributed by atoms with Crippen LogP contribution in [0, 0.1) is 0 Å². The summed E-state index contributed by atoms with van der Waals surface area (Å²) < 4.78 is 17.6. The van der Waals surface area contributed by atoms with E-state index in [1.54, 1.807) is 35.2 Å². The molecule has 0 saturated carbocycles. The van der Waals surface area contributed by atoms with E-state index in [1.165, 1.54) is 0 Å². The van der Waals surface area contributed by atoms with Crippen LogP contribution in [0.25, 0.3) is 11.0 Å². The van der Waals surface area contributed by atoms with Crippen molar-refractivity contribution >= 4 is 16.9 Å². The van der Waals surface area contributed by atoms with Crippen LogP contribution in [0.2, 0.25) is 0 Å². The number of hydrogen-bond acceptors (Lipinski definition) is 6. The number of para-hydroxylation sites is 1. The highest BCUT2D eigenvalue weighted by atomic mass is 16.5. The third-order valence-corrected chi connectivity index (χ3v) is 5.82. The van der Waals surface area contributed by atoms with Crippen LogP contribution in [0.3, 0.4) is 0 Å². The van der Waals surface area contributed by atoms with Crippen molar-refractivity contribution in [3.8, 4) is 11.5 Å². The molecule has 0 bridgehead atoms. The Morgan fingerprint density at radius 2 is 1.91 bits per heavy atom. The lowest BCUT2D eigenvalue weighted by atomic mass is 9.98. The zero-order valence-electron chi connectivity index (χ0n) is 19.9. The molecule has 3 aromatic rings. The third-order valence-electron chi connectivity index (χ3n) is 5.82. The minimum absolute atomic E-state index is 0.114. The maximum Gasteiger partial charge on any atom is 0.290 e. The molecule has 7 heteroatoms. The quantitative estimate of drug-likeness (QED) is 0.420. The fourth-order valence-corrected chi connectivity index (χ4v) is 4.33. The largest absolute Gasteiger partial charge is 0.490 e. The summed E-state index contributed by atoms with van der Waals surface area (Å²) in [5.41, 5.74) is 1.37. The van der Waals surface area contributed by atoms with E-state index in [0.717, 1.165) is 18.5 Å². The average molecular weight is 463 g/mol. The molecule has 1 aliphatic rings. The monoisotopic (exact) mass is 462 g/mol. The minimum Gasteiger partial charge on any atom is -0.490 e. The highest BCUT2D eigenvalue weighted by Crippen LogP contribution is 2.41. The van der Waals surface area contributed by atoms with Crippen molar-refractivity contribution in [2.24, 2.45) is 0 Å². The number of benzene rings is 2. The molecule has 0 aliphatic carbocycles. The molecule has 2 heterocycles. The van der Waals surface area contributed by atoms with Crippen LogP contribution < -0.4 is 14.9 Å². The van der Waals surface area contributed by atoms with Gasteiger partial charge in [0.05, 0.1) is 23.6 Å². The fraction of sp³-hybridized carbons (Fsp3) is 0.333. The van der Waals surface area contributed by atoms with Crippen LogP contribution in [0.1, 0.15) is 41.1 Å². The molecule has 1 aromatic heterocycles. The number of fused-ring (bicyclic) bond motifs is 2. The van der Waals surface area contributed by atoms with Gasteiger partial charge in [-0.1, -0.05) is 30.9 Å². The van der Waals surface area contributed by atoms with Gasteiger partial charge in [-0.2, -0.15) is 0 Å². The van der Waals surface area contributed by atoms with Gasteiger partial charge in [0.1, 0.15) is 12.2 Å². The first kappa shape index (κ1) is 23.6. The van der Waals surface area contributed by atoms with Gasteiger partial charge < -0.3 is 23.7 Å². The Balaban J connectivity index is 1.85. The molecule has 0 fully saturated rings. The van der Waals surface area contributed by atoms with Gasteiger partial charge in [-0.25, -0.2) is 0 Å². The SMILES string of the molecule is C=CCOc1ccc([C@H]2c3c(oc4ccccc4c3=O)C(=O)N2CCCN(C)C)cc1OCC. The van der Waals surface area contributed by atoms with Crippen LogP contribution in [0.15, 0.2) is 64.3 Å². The van der Waals surface area contributed by atoms with Gasteiger partial charge in [0, 0.05) is 6.54 Å². The number of ether oxygens (including phenoxy) is 2. The predicted molar refractivity (Wildman–Crippen MR) is 132 cm³/mol. The van der Waals surface area contributed by atoms with E-state index in [4.69, 9.17) is 13.9 Å². The Morgan fingerprint density at radius 3 is 2.65 bits per heavy atom. The molecule has 1 amide bonds. The molecule has 0 saturated heterocycles. The van der Waals surface area contributed by atoms with Gasteiger partial charge >= 0.3 is 0 Å². The minimum atomic E-state index is -0.571. The van der Waals surface area contributed by atoms with Crippen LogP contribution in [0.4, 0.5) is 0 Å². The second-order valence-corrected chi connectivity index (χ2v) is 8.47. The highest BCUT2D eigenvalue weighted by molar-refractivity contribution is 5.99. The van der Waals surface area contributed by atoms with Crippen molar-refractivity contribution < 1.29 is 18.7 Å². The van der Waals surface area contributed by atoms with E-state index in [0.29, 0.717) is 47.8 Å². The molecule has 2 aromatic carbocycles. The maximum absolute atomic E-state index is 13.6. The number of carbonyl (C=O) groups is 1. The maximum atomic E-state index is 13.6. The molecule has 1 atom stereocenters. The zero-order chi connectivity index (χ0) is 24.2. The van der Waals surface area contributed by atoms with Crippen LogP contribution in [-0.2, 0) is 0 Å². The summed E-state index contributed by atoms with van der Waals surface area (Å²) in [5.74, 6) is 0.982. The molecule has 0 spiro atoms. The summed E-state index contributed by atoms with van der Waals surface area (Å²) in [7, 11) is 3.98. The molecule has 4 rings (SSSR count). The summed E-state index contributed by atoms with van der Waals surface area (Å²) in [6, 6.07) is 12.0. The second kappa shape index (κ2) is 10.1. The van der Waals surface area contributed by atoms with E-state index >= 15 is 0 Å². The lowest BCUT2D eigenvalue weighted by Gasteiger charge is -2.26. The van der Waals surface area contributed by atoms with E-state index in [2.05, 4.69) is 11.5 Å². The molecule has 7 nitrogen and oxygen atoms in total. The summed E-state index contributed by atoms with van der Waals surface area (Å²) in [5, 5.41) is 0.463. The van der Waals surface area contributed by atoms with Gasteiger partial charge in [-0.05, 0) is 63.8 Å². The normalized spacial score (nSPS) is 15.1. The molecule has 178 valence electrons. The fourth-order valence-electron chi connectivity index (χ4n) is 4.33. The summed E-state index contributed by atoms with van der Waals surface area (Å²) >= 11 is 0. The Hall–Kier alpha value is -3.58. The smallest absolute Gasteiger partial charge is 0.290 e. The molecule has 1 aliphatic heterocycles. The molecule has 0 unspecified atom stereocenters. The number of nitrogens with zero attached hydrogens (tertiary/aromatic N) is 2. The van der Waals surface area contributed by atoms with Crippen LogP contribution >= 0.6 is 0 Å². The van der Waals surface area contributed by atoms with Crippen molar-refractivity contribution in [1.29, 1.82) is 0 Å². The Labute approximate surface area is 199 Å². The Kier molecular flexibility index (Phi) is 7.03. The van der Waals surface area contributed by atoms with Crippen LogP contribution in [-0.4, -0.2) is 56.1 Å². The van der Waals surface area contributed by atoms with Crippen molar-refractivity contribution in [2.45, 2.75) is 19.4 Å². The average Bonchev–Trinajstić information content (AvgIpc) is 3.10. The van der Waals surface area contributed by atoms with Gasteiger partial charge in [0.2, 0.25) is 5.76 Å². The van der Waals surface area contributed by atoms with Crippen molar-refractivity contribution in [2.75, 3.05) is 40.4 Å². The molecule has 34 heavy (non-hydrogen) atoms. The van der Waals surface area contributed by atoms with Crippen molar-refractivity contribution in [3.63, 3.8) is 0 Å². The lowest BCUT2D eigenvalue weighted by molar-refractivity contribution is 0.0722. The number of amides is 1.